The molecule has 7 heteroatoms. The van der Waals surface area contributed by atoms with Gasteiger partial charge in [0.2, 0.25) is 5.91 Å². The molecule has 0 radical (unpaired) electrons. The van der Waals surface area contributed by atoms with Crippen LogP contribution >= 0.6 is 0 Å². The summed E-state index contributed by atoms with van der Waals surface area (Å²) >= 11 is 0. The van der Waals surface area contributed by atoms with Gasteiger partial charge in [-0.15, -0.1) is 0 Å². The van der Waals surface area contributed by atoms with Crippen molar-refractivity contribution < 1.29 is 9.59 Å². The van der Waals surface area contributed by atoms with Crippen molar-refractivity contribution in [3.8, 4) is 0 Å². The molecular weight excluding hydrogens is 354 g/mol. The Balaban J connectivity index is 1.36. The first-order valence-electron chi connectivity index (χ1n) is 10.1. The average Bonchev–Trinajstić information content (AvgIpc) is 3.36. The highest BCUT2D eigenvalue weighted by Gasteiger charge is 2.46. The molecule has 2 amide bonds. The lowest BCUT2D eigenvalue weighted by Crippen LogP contribution is -2.51. The lowest BCUT2D eigenvalue weighted by atomic mass is 9.74. The van der Waals surface area contributed by atoms with Gasteiger partial charge in [0.1, 0.15) is 0 Å². The van der Waals surface area contributed by atoms with Gasteiger partial charge in [0.15, 0.2) is 5.69 Å². The number of amides is 2. The molecule has 148 valence electrons. The highest BCUT2D eigenvalue weighted by atomic mass is 16.2. The smallest absolute Gasteiger partial charge is 0.273 e. The monoisotopic (exact) mass is 381 g/mol. The molecule has 4 rings (SSSR count). The van der Waals surface area contributed by atoms with Gasteiger partial charge in [0.05, 0.1) is 12.6 Å². The molecule has 2 heterocycles. The Hall–Kier alpha value is -2.70. The van der Waals surface area contributed by atoms with Crippen molar-refractivity contribution >= 4 is 11.8 Å². The minimum atomic E-state index is -0.168. The molecule has 1 saturated heterocycles. The Morgan fingerprint density at radius 1 is 1.25 bits per heavy atom. The maximum Gasteiger partial charge on any atom is 0.273 e. The first-order valence-corrected chi connectivity index (χ1v) is 10.1. The zero-order chi connectivity index (χ0) is 19.6. The van der Waals surface area contributed by atoms with Crippen molar-refractivity contribution in [1.29, 1.82) is 0 Å². The number of hydrogen-bond acceptors (Lipinski definition) is 4. The molecule has 2 fully saturated rings. The summed E-state index contributed by atoms with van der Waals surface area (Å²) in [6.45, 7) is 3.58. The van der Waals surface area contributed by atoms with Crippen LogP contribution in [0.15, 0.2) is 30.5 Å². The summed E-state index contributed by atoms with van der Waals surface area (Å²) in [4.78, 5) is 27.2. The second kappa shape index (κ2) is 7.73. The maximum atomic E-state index is 12.8. The number of nitrogens with one attached hydrogen (secondary N) is 2. The maximum absolute atomic E-state index is 12.8. The summed E-state index contributed by atoms with van der Waals surface area (Å²) in [6, 6.07) is 8.22. The molecule has 0 bridgehead atoms. The largest absolute Gasteiger partial charge is 0.347 e. The predicted molar refractivity (Wildman–Crippen MR) is 105 cm³/mol. The van der Waals surface area contributed by atoms with Gasteiger partial charge in [0.25, 0.3) is 5.91 Å². The third kappa shape index (κ3) is 3.66. The Morgan fingerprint density at radius 2 is 2.04 bits per heavy atom. The Bertz CT molecular complexity index is 840. The SMILES string of the molecule is Cc1ccccc1CC(=O)N1CCC2(CCCC2NC(=O)c2cn[nH]n2)CC1. The molecule has 1 saturated carbocycles. The van der Waals surface area contributed by atoms with Crippen LogP contribution in [0.25, 0.3) is 0 Å². The van der Waals surface area contributed by atoms with Crippen molar-refractivity contribution in [2.24, 2.45) is 5.41 Å². The fourth-order valence-corrected chi connectivity index (χ4v) is 4.79. The summed E-state index contributed by atoms with van der Waals surface area (Å²) in [5.41, 5.74) is 2.69. The number of aromatic nitrogens is 3. The Labute approximate surface area is 164 Å². The third-order valence-electron chi connectivity index (χ3n) is 6.57. The van der Waals surface area contributed by atoms with Gasteiger partial charge >= 0.3 is 0 Å². The molecule has 7 nitrogen and oxygen atoms in total. The minimum absolute atomic E-state index is 0.0961. The number of likely N-dealkylation sites (tertiary alicyclic amines) is 1. The van der Waals surface area contributed by atoms with Crippen molar-refractivity contribution in [2.75, 3.05) is 13.1 Å². The molecule has 2 aromatic rings. The number of rotatable bonds is 4. The lowest BCUT2D eigenvalue weighted by Gasteiger charge is -2.43. The van der Waals surface area contributed by atoms with Gasteiger partial charge in [-0.05, 0) is 49.1 Å². The molecule has 2 aliphatic rings. The molecule has 1 unspecified atom stereocenters. The summed E-state index contributed by atoms with van der Waals surface area (Å²) in [6.07, 6.45) is 7.00. The molecule has 1 aromatic carbocycles. The van der Waals surface area contributed by atoms with E-state index in [1.807, 2.05) is 23.1 Å². The van der Waals surface area contributed by atoms with Crippen LogP contribution in [0, 0.1) is 12.3 Å². The fraction of sp³-hybridized carbons (Fsp3) is 0.524. The van der Waals surface area contributed by atoms with Gasteiger partial charge in [-0.25, -0.2) is 0 Å². The van der Waals surface area contributed by atoms with E-state index in [4.69, 9.17) is 0 Å². The van der Waals surface area contributed by atoms with Crippen LogP contribution in [0.2, 0.25) is 0 Å². The quantitative estimate of drug-likeness (QED) is 0.850. The van der Waals surface area contributed by atoms with E-state index in [0.717, 1.165) is 56.3 Å². The van der Waals surface area contributed by atoms with Crippen LogP contribution in [0.4, 0.5) is 0 Å². The van der Waals surface area contributed by atoms with Crippen LogP contribution in [0.3, 0.4) is 0 Å². The van der Waals surface area contributed by atoms with Crippen molar-refractivity contribution in [2.45, 2.75) is 51.5 Å². The highest BCUT2D eigenvalue weighted by molar-refractivity contribution is 5.92. The Morgan fingerprint density at radius 3 is 2.75 bits per heavy atom. The zero-order valence-corrected chi connectivity index (χ0v) is 16.3. The van der Waals surface area contributed by atoms with E-state index >= 15 is 0 Å². The topological polar surface area (TPSA) is 91.0 Å². The molecule has 1 aromatic heterocycles. The number of carbonyl (C=O) groups excluding carboxylic acids is 2. The van der Waals surface area contributed by atoms with Crippen LogP contribution in [-0.4, -0.2) is 51.3 Å². The number of benzene rings is 1. The van der Waals surface area contributed by atoms with E-state index in [-0.39, 0.29) is 23.3 Å². The van der Waals surface area contributed by atoms with Gasteiger partial charge < -0.3 is 10.2 Å². The van der Waals surface area contributed by atoms with Crippen LogP contribution in [0.1, 0.15) is 53.7 Å². The summed E-state index contributed by atoms with van der Waals surface area (Å²) in [5, 5.41) is 13.2. The highest BCUT2D eigenvalue weighted by Crippen LogP contribution is 2.46. The molecule has 1 aliphatic carbocycles. The van der Waals surface area contributed by atoms with E-state index < -0.39 is 0 Å². The van der Waals surface area contributed by atoms with E-state index in [0.29, 0.717) is 12.1 Å². The van der Waals surface area contributed by atoms with E-state index in [2.05, 4.69) is 33.7 Å². The van der Waals surface area contributed by atoms with Crippen molar-refractivity contribution in [1.82, 2.24) is 25.6 Å². The summed E-state index contributed by atoms with van der Waals surface area (Å²) < 4.78 is 0. The first kappa shape index (κ1) is 18.7. The molecule has 1 aliphatic heterocycles. The van der Waals surface area contributed by atoms with Crippen LogP contribution < -0.4 is 5.32 Å². The van der Waals surface area contributed by atoms with Crippen LogP contribution in [0.5, 0.6) is 0 Å². The fourth-order valence-electron chi connectivity index (χ4n) is 4.79. The van der Waals surface area contributed by atoms with E-state index in [1.54, 1.807) is 0 Å². The van der Waals surface area contributed by atoms with Gasteiger partial charge in [-0.1, -0.05) is 30.7 Å². The number of hydrogen-bond donors (Lipinski definition) is 2. The van der Waals surface area contributed by atoms with Crippen molar-refractivity contribution in [3.63, 3.8) is 0 Å². The van der Waals surface area contributed by atoms with Crippen molar-refractivity contribution in [3.05, 3.63) is 47.3 Å². The summed E-state index contributed by atoms with van der Waals surface area (Å²) in [5.74, 6) is 0.0309. The second-order valence-electron chi connectivity index (χ2n) is 8.12. The number of nitrogens with zero attached hydrogens (tertiary/aromatic N) is 3. The number of H-pyrrole nitrogens is 1. The predicted octanol–water partition coefficient (Wildman–Crippen LogP) is 2.25. The number of aryl methyl sites for hydroxylation is 1. The van der Waals surface area contributed by atoms with Gasteiger partial charge in [0, 0.05) is 19.1 Å². The Kier molecular flexibility index (Phi) is 5.15. The molecule has 28 heavy (non-hydrogen) atoms. The first-order chi connectivity index (χ1) is 13.6. The molecular formula is C21H27N5O2. The zero-order valence-electron chi connectivity index (χ0n) is 16.3. The third-order valence-corrected chi connectivity index (χ3v) is 6.57. The number of piperidine rings is 1. The standard InChI is InChI=1S/C21H27N5O2/c1-15-5-2-3-6-16(15)13-19(27)26-11-9-21(10-12-26)8-4-7-18(21)23-20(28)17-14-22-25-24-17/h2-3,5-6,14,18H,4,7-13H2,1H3,(H,23,28)(H,22,24,25). The van der Waals surface area contributed by atoms with Crippen LogP contribution in [-0.2, 0) is 11.2 Å². The normalized spacial score (nSPS) is 21.0. The second-order valence-corrected chi connectivity index (χ2v) is 8.12. The summed E-state index contributed by atoms with van der Waals surface area (Å²) in [7, 11) is 0. The minimum Gasteiger partial charge on any atom is -0.347 e. The van der Waals surface area contributed by atoms with Gasteiger partial charge in [-0.2, -0.15) is 15.4 Å². The molecule has 1 atom stereocenters. The molecule has 2 N–H and O–H groups in total. The number of aromatic amines is 1. The van der Waals surface area contributed by atoms with E-state index in [9.17, 15) is 9.59 Å². The number of carbonyl (C=O) groups is 2. The van der Waals surface area contributed by atoms with Gasteiger partial charge in [-0.3, -0.25) is 9.59 Å². The average molecular weight is 381 g/mol. The lowest BCUT2D eigenvalue weighted by molar-refractivity contribution is -0.133. The van der Waals surface area contributed by atoms with E-state index in [1.165, 1.54) is 6.20 Å². The molecule has 1 spiro atoms.